The number of fused-ring (bicyclic) bond motifs is 1. The summed E-state index contributed by atoms with van der Waals surface area (Å²) < 4.78 is 5.62. The first-order valence-electron chi connectivity index (χ1n) is 9.01. The number of carbonyl (C=O) groups excluding carboxylic acids is 1. The fourth-order valence-corrected chi connectivity index (χ4v) is 3.81. The summed E-state index contributed by atoms with van der Waals surface area (Å²) in [5, 5.41) is 3.26. The molecule has 130 valence electrons. The number of anilines is 1. The summed E-state index contributed by atoms with van der Waals surface area (Å²) in [6.07, 6.45) is 5.42. The van der Waals surface area contributed by atoms with E-state index in [-0.39, 0.29) is 17.8 Å². The Morgan fingerprint density at radius 1 is 1.28 bits per heavy atom. The summed E-state index contributed by atoms with van der Waals surface area (Å²) in [5.74, 6) is 0.926. The molecule has 2 unspecified atom stereocenters. The standard InChI is InChI=1S/C20H23N3O2/c1-13-5-2-3-7-16(13)14-9-18-17(19(24)10-14)12-22-20(23-18)21-11-15-6-4-8-25-15/h2-3,5,7,12,14-15H,4,6,8-11H2,1H3,(H,21,22,23). The van der Waals surface area contributed by atoms with Crippen molar-refractivity contribution >= 4 is 11.7 Å². The first-order chi connectivity index (χ1) is 12.2. The molecule has 5 nitrogen and oxygen atoms in total. The molecule has 4 rings (SSSR count). The molecular weight excluding hydrogens is 314 g/mol. The second-order valence-electron chi connectivity index (χ2n) is 6.95. The van der Waals surface area contributed by atoms with Gasteiger partial charge in [0.15, 0.2) is 5.78 Å². The zero-order chi connectivity index (χ0) is 17.2. The Labute approximate surface area is 147 Å². The fraction of sp³-hybridized carbons (Fsp3) is 0.450. The number of nitrogens with one attached hydrogen (secondary N) is 1. The van der Waals surface area contributed by atoms with Gasteiger partial charge in [-0.3, -0.25) is 4.79 Å². The van der Waals surface area contributed by atoms with Crippen LogP contribution in [0.25, 0.3) is 0 Å². The average molecular weight is 337 g/mol. The van der Waals surface area contributed by atoms with Gasteiger partial charge in [-0.1, -0.05) is 24.3 Å². The lowest BCUT2D eigenvalue weighted by molar-refractivity contribution is 0.0962. The molecule has 1 aliphatic carbocycles. The molecule has 0 radical (unpaired) electrons. The van der Waals surface area contributed by atoms with E-state index in [0.29, 0.717) is 24.5 Å². The van der Waals surface area contributed by atoms with Crippen molar-refractivity contribution in [2.24, 2.45) is 0 Å². The molecule has 1 fully saturated rings. The lowest BCUT2D eigenvalue weighted by Gasteiger charge is -2.24. The Morgan fingerprint density at radius 3 is 2.96 bits per heavy atom. The minimum Gasteiger partial charge on any atom is -0.376 e. The third-order valence-electron chi connectivity index (χ3n) is 5.18. The van der Waals surface area contributed by atoms with E-state index in [1.807, 2.05) is 12.1 Å². The number of rotatable bonds is 4. The smallest absolute Gasteiger partial charge is 0.222 e. The van der Waals surface area contributed by atoms with Crippen molar-refractivity contribution in [3.05, 3.63) is 52.8 Å². The molecule has 5 heteroatoms. The number of ketones is 1. The van der Waals surface area contributed by atoms with E-state index in [0.717, 1.165) is 31.6 Å². The molecule has 25 heavy (non-hydrogen) atoms. The van der Waals surface area contributed by atoms with E-state index in [1.165, 1.54) is 11.1 Å². The number of nitrogens with zero attached hydrogens (tertiary/aromatic N) is 2. The van der Waals surface area contributed by atoms with Gasteiger partial charge in [-0.2, -0.15) is 0 Å². The van der Waals surface area contributed by atoms with E-state index < -0.39 is 0 Å². The minimum absolute atomic E-state index is 0.139. The molecular formula is C20H23N3O2. The number of aromatic nitrogens is 2. The van der Waals surface area contributed by atoms with Gasteiger partial charge in [-0.05, 0) is 43.2 Å². The average Bonchev–Trinajstić information content (AvgIpc) is 3.13. The molecule has 0 bridgehead atoms. The third-order valence-corrected chi connectivity index (χ3v) is 5.18. The van der Waals surface area contributed by atoms with E-state index in [1.54, 1.807) is 6.20 Å². The Balaban J connectivity index is 1.53. The summed E-state index contributed by atoms with van der Waals surface area (Å²) in [5.41, 5.74) is 4.00. The summed E-state index contributed by atoms with van der Waals surface area (Å²) >= 11 is 0. The first-order valence-corrected chi connectivity index (χ1v) is 9.01. The highest BCUT2D eigenvalue weighted by Gasteiger charge is 2.28. The van der Waals surface area contributed by atoms with Crippen LogP contribution in [0.5, 0.6) is 0 Å². The van der Waals surface area contributed by atoms with Crippen LogP contribution in [0, 0.1) is 6.92 Å². The van der Waals surface area contributed by atoms with E-state index in [2.05, 4.69) is 34.3 Å². The second kappa shape index (κ2) is 6.92. The zero-order valence-corrected chi connectivity index (χ0v) is 14.5. The molecule has 0 amide bonds. The van der Waals surface area contributed by atoms with Gasteiger partial charge < -0.3 is 10.1 Å². The van der Waals surface area contributed by atoms with Gasteiger partial charge in [0.2, 0.25) is 5.95 Å². The Hall–Kier alpha value is -2.27. The van der Waals surface area contributed by atoms with Gasteiger partial charge in [0.1, 0.15) is 0 Å². The van der Waals surface area contributed by atoms with Crippen LogP contribution in [-0.4, -0.2) is 35.0 Å². The van der Waals surface area contributed by atoms with Gasteiger partial charge >= 0.3 is 0 Å². The Kier molecular flexibility index (Phi) is 4.49. The van der Waals surface area contributed by atoms with Gasteiger partial charge in [-0.25, -0.2) is 9.97 Å². The van der Waals surface area contributed by atoms with Crippen molar-refractivity contribution in [1.29, 1.82) is 0 Å². The fourth-order valence-electron chi connectivity index (χ4n) is 3.81. The quantitative estimate of drug-likeness (QED) is 0.927. The van der Waals surface area contributed by atoms with Crippen molar-refractivity contribution in [1.82, 2.24) is 9.97 Å². The highest BCUT2D eigenvalue weighted by atomic mass is 16.5. The normalized spacial score (nSPS) is 22.7. The number of hydrogen-bond donors (Lipinski definition) is 1. The van der Waals surface area contributed by atoms with Crippen molar-refractivity contribution in [3.8, 4) is 0 Å². The molecule has 2 aliphatic rings. The van der Waals surface area contributed by atoms with Crippen molar-refractivity contribution in [2.75, 3.05) is 18.5 Å². The molecule has 0 saturated carbocycles. The summed E-state index contributed by atoms with van der Waals surface area (Å²) in [4.78, 5) is 21.5. The van der Waals surface area contributed by atoms with Gasteiger partial charge in [0.05, 0.1) is 17.4 Å². The summed E-state index contributed by atoms with van der Waals surface area (Å²) in [6.45, 7) is 3.65. The van der Waals surface area contributed by atoms with E-state index in [4.69, 9.17) is 4.74 Å². The number of Topliss-reactive ketones (excluding diaryl/α,β-unsaturated/α-hetero) is 1. The minimum atomic E-state index is 0.139. The number of hydrogen-bond acceptors (Lipinski definition) is 5. The first kappa shape index (κ1) is 16.2. The lowest BCUT2D eigenvalue weighted by atomic mass is 9.81. The molecule has 2 aromatic rings. The third kappa shape index (κ3) is 3.42. The predicted molar refractivity (Wildman–Crippen MR) is 96.1 cm³/mol. The topological polar surface area (TPSA) is 64.1 Å². The van der Waals surface area contributed by atoms with Crippen molar-refractivity contribution in [3.63, 3.8) is 0 Å². The Morgan fingerprint density at radius 2 is 2.16 bits per heavy atom. The Bertz CT molecular complexity index is 784. The predicted octanol–water partition coefficient (Wildman–Crippen LogP) is 3.29. The maximum absolute atomic E-state index is 12.5. The molecule has 2 heterocycles. The maximum Gasteiger partial charge on any atom is 0.222 e. The number of ether oxygens (including phenoxy) is 1. The van der Waals surface area contributed by atoms with Crippen molar-refractivity contribution in [2.45, 2.75) is 44.6 Å². The van der Waals surface area contributed by atoms with Crippen LogP contribution in [0.2, 0.25) is 0 Å². The van der Waals surface area contributed by atoms with Crippen LogP contribution in [0.3, 0.4) is 0 Å². The number of aryl methyl sites for hydroxylation is 1. The van der Waals surface area contributed by atoms with Gasteiger partial charge in [0.25, 0.3) is 0 Å². The van der Waals surface area contributed by atoms with Crippen LogP contribution in [0.15, 0.2) is 30.5 Å². The highest BCUT2D eigenvalue weighted by Crippen LogP contribution is 2.33. The SMILES string of the molecule is Cc1ccccc1C1CC(=O)c2cnc(NCC3CCCO3)nc2C1. The van der Waals surface area contributed by atoms with Crippen LogP contribution in [-0.2, 0) is 11.2 Å². The highest BCUT2D eigenvalue weighted by molar-refractivity contribution is 5.98. The number of carbonyl (C=O) groups is 1. The number of benzene rings is 1. The van der Waals surface area contributed by atoms with E-state index in [9.17, 15) is 4.79 Å². The molecule has 1 N–H and O–H groups in total. The molecule has 1 aromatic heterocycles. The lowest BCUT2D eigenvalue weighted by Crippen LogP contribution is -2.23. The molecule has 1 saturated heterocycles. The van der Waals surface area contributed by atoms with Crippen LogP contribution >= 0.6 is 0 Å². The van der Waals surface area contributed by atoms with Crippen LogP contribution < -0.4 is 5.32 Å². The summed E-state index contributed by atoms with van der Waals surface area (Å²) in [6, 6.07) is 8.30. The molecule has 0 spiro atoms. The molecule has 1 aromatic carbocycles. The van der Waals surface area contributed by atoms with Crippen molar-refractivity contribution < 1.29 is 9.53 Å². The molecule has 1 aliphatic heterocycles. The second-order valence-corrected chi connectivity index (χ2v) is 6.95. The van der Waals surface area contributed by atoms with Gasteiger partial charge in [-0.15, -0.1) is 0 Å². The van der Waals surface area contributed by atoms with Crippen LogP contribution in [0.4, 0.5) is 5.95 Å². The summed E-state index contributed by atoms with van der Waals surface area (Å²) in [7, 11) is 0. The monoisotopic (exact) mass is 337 g/mol. The van der Waals surface area contributed by atoms with E-state index >= 15 is 0 Å². The molecule has 2 atom stereocenters. The maximum atomic E-state index is 12.5. The van der Waals surface area contributed by atoms with Gasteiger partial charge in [0, 0.05) is 25.8 Å². The largest absolute Gasteiger partial charge is 0.376 e. The van der Waals surface area contributed by atoms with Crippen LogP contribution in [0.1, 0.15) is 52.4 Å². The zero-order valence-electron chi connectivity index (χ0n) is 14.5.